The van der Waals surface area contributed by atoms with Crippen molar-refractivity contribution in [1.29, 1.82) is 5.26 Å². The van der Waals surface area contributed by atoms with E-state index in [9.17, 15) is 9.59 Å². The van der Waals surface area contributed by atoms with Crippen molar-refractivity contribution < 1.29 is 14.3 Å². The van der Waals surface area contributed by atoms with Crippen LogP contribution in [0.5, 0.6) is 5.75 Å². The van der Waals surface area contributed by atoms with Crippen LogP contribution in [0.3, 0.4) is 0 Å². The minimum atomic E-state index is -1.70. The second-order valence-corrected chi connectivity index (χ2v) is 5.23. The van der Waals surface area contributed by atoms with Gasteiger partial charge in [0.05, 0.1) is 17.3 Å². The minimum absolute atomic E-state index is 0.410. The SMILES string of the molecule is CC1(C(=O)Nc2cccc(C#N)c2)Oc2ccccc2NC1=O. The van der Waals surface area contributed by atoms with E-state index in [1.54, 1.807) is 42.5 Å². The molecule has 0 spiro atoms. The van der Waals surface area contributed by atoms with Gasteiger partial charge in [-0.15, -0.1) is 0 Å². The number of fused-ring (bicyclic) bond motifs is 1. The number of nitrogens with one attached hydrogen (secondary N) is 2. The summed E-state index contributed by atoms with van der Waals surface area (Å²) < 4.78 is 5.63. The molecule has 6 heteroatoms. The summed E-state index contributed by atoms with van der Waals surface area (Å²) in [5.41, 5.74) is -0.344. The quantitative estimate of drug-likeness (QED) is 0.833. The Bertz CT molecular complexity index is 841. The lowest BCUT2D eigenvalue weighted by molar-refractivity contribution is -0.143. The normalized spacial score (nSPS) is 18.9. The first-order valence-corrected chi connectivity index (χ1v) is 6.94. The van der Waals surface area contributed by atoms with Crippen molar-refractivity contribution in [2.24, 2.45) is 0 Å². The van der Waals surface area contributed by atoms with E-state index in [1.165, 1.54) is 13.0 Å². The molecule has 114 valence electrons. The van der Waals surface area contributed by atoms with Gasteiger partial charge in [0, 0.05) is 5.69 Å². The van der Waals surface area contributed by atoms with E-state index in [4.69, 9.17) is 10.00 Å². The number of carbonyl (C=O) groups excluding carboxylic acids is 2. The molecule has 0 aliphatic carbocycles. The Labute approximate surface area is 132 Å². The third-order valence-corrected chi connectivity index (χ3v) is 3.57. The van der Waals surface area contributed by atoms with Gasteiger partial charge in [-0.05, 0) is 37.3 Å². The molecule has 23 heavy (non-hydrogen) atoms. The van der Waals surface area contributed by atoms with Crippen molar-refractivity contribution >= 4 is 23.2 Å². The van der Waals surface area contributed by atoms with Crippen molar-refractivity contribution in [3.8, 4) is 11.8 Å². The van der Waals surface area contributed by atoms with Gasteiger partial charge in [-0.3, -0.25) is 9.59 Å². The van der Waals surface area contributed by atoms with Crippen LogP contribution in [0.15, 0.2) is 48.5 Å². The number of amides is 2. The summed E-state index contributed by atoms with van der Waals surface area (Å²) in [7, 11) is 0. The van der Waals surface area contributed by atoms with E-state index >= 15 is 0 Å². The van der Waals surface area contributed by atoms with E-state index in [0.29, 0.717) is 22.7 Å². The number of hydrogen-bond donors (Lipinski definition) is 2. The summed E-state index contributed by atoms with van der Waals surface area (Å²) in [5, 5.41) is 14.2. The van der Waals surface area contributed by atoms with Gasteiger partial charge in [0.15, 0.2) is 0 Å². The molecule has 3 rings (SSSR count). The number of anilines is 2. The van der Waals surface area contributed by atoms with Gasteiger partial charge in [-0.1, -0.05) is 18.2 Å². The lowest BCUT2D eigenvalue weighted by atomic mass is 10.0. The maximum absolute atomic E-state index is 12.5. The smallest absolute Gasteiger partial charge is 0.278 e. The van der Waals surface area contributed by atoms with Gasteiger partial charge in [0.1, 0.15) is 5.75 Å². The fraction of sp³-hybridized carbons (Fsp3) is 0.118. The zero-order chi connectivity index (χ0) is 16.4. The summed E-state index contributed by atoms with van der Waals surface area (Å²) in [5.74, 6) is -0.736. The van der Waals surface area contributed by atoms with Gasteiger partial charge >= 0.3 is 0 Å². The van der Waals surface area contributed by atoms with Gasteiger partial charge in [-0.2, -0.15) is 5.26 Å². The lowest BCUT2D eigenvalue weighted by Gasteiger charge is -2.33. The molecule has 1 atom stereocenters. The van der Waals surface area contributed by atoms with Gasteiger partial charge in [0.2, 0.25) is 0 Å². The summed E-state index contributed by atoms with van der Waals surface area (Å²) in [6.45, 7) is 1.40. The van der Waals surface area contributed by atoms with Crippen LogP contribution in [0.4, 0.5) is 11.4 Å². The van der Waals surface area contributed by atoms with Gasteiger partial charge in [0.25, 0.3) is 17.4 Å². The first-order chi connectivity index (χ1) is 11.0. The Hall–Kier alpha value is -3.33. The number of carbonyl (C=O) groups is 2. The first kappa shape index (κ1) is 14.6. The maximum Gasteiger partial charge on any atom is 0.278 e. The van der Waals surface area contributed by atoms with E-state index in [0.717, 1.165) is 0 Å². The highest BCUT2D eigenvalue weighted by Gasteiger charge is 2.47. The second-order valence-electron chi connectivity index (χ2n) is 5.23. The third-order valence-electron chi connectivity index (χ3n) is 3.57. The van der Waals surface area contributed by atoms with Crippen LogP contribution in [0.2, 0.25) is 0 Å². The fourth-order valence-electron chi connectivity index (χ4n) is 2.23. The predicted molar refractivity (Wildman–Crippen MR) is 83.9 cm³/mol. The van der Waals surface area contributed by atoms with E-state index in [2.05, 4.69) is 10.6 Å². The lowest BCUT2D eigenvalue weighted by Crippen LogP contribution is -2.56. The van der Waals surface area contributed by atoms with Crippen LogP contribution in [-0.2, 0) is 9.59 Å². The summed E-state index contributed by atoms with van der Waals surface area (Å²) in [6.07, 6.45) is 0. The monoisotopic (exact) mass is 307 g/mol. The number of benzene rings is 2. The van der Waals surface area contributed by atoms with Crippen molar-refractivity contribution in [2.45, 2.75) is 12.5 Å². The molecule has 2 N–H and O–H groups in total. The molecule has 1 unspecified atom stereocenters. The number of hydrogen-bond acceptors (Lipinski definition) is 4. The molecular formula is C17H13N3O3. The van der Waals surface area contributed by atoms with E-state index in [-0.39, 0.29) is 0 Å². The van der Waals surface area contributed by atoms with E-state index < -0.39 is 17.4 Å². The average molecular weight is 307 g/mol. The Kier molecular flexibility index (Phi) is 3.47. The number of nitrogens with zero attached hydrogens (tertiary/aromatic N) is 1. The fourth-order valence-corrected chi connectivity index (χ4v) is 2.23. The molecule has 0 fully saturated rings. The van der Waals surface area contributed by atoms with Crippen LogP contribution in [0, 0.1) is 11.3 Å². The molecule has 6 nitrogen and oxygen atoms in total. The highest BCUT2D eigenvalue weighted by molar-refractivity contribution is 6.19. The average Bonchev–Trinajstić information content (AvgIpc) is 2.56. The molecule has 0 saturated carbocycles. The second kappa shape index (κ2) is 5.46. The zero-order valence-corrected chi connectivity index (χ0v) is 12.3. The predicted octanol–water partition coefficient (Wildman–Crippen LogP) is 2.29. The topological polar surface area (TPSA) is 91.2 Å². The van der Waals surface area contributed by atoms with E-state index in [1.807, 2.05) is 6.07 Å². The van der Waals surface area contributed by atoms with Crippen LogP contribution in [-0.4, -0.2) is 17.4 Å². The molecule has 2 aromatic carbocycles. The summed E-state index contributed by atoms with van der Waals surface area (Å²) >= 11 is 0. The first-order valence-electron chi connectivity index (χ1n) is 6.94. The molecule has 2 amide bonds. The highest BCUT2D eigenvalue weighted by Crippen LogP contribution is 2.33. The van der Waals surface area contributed by atoms with Crippen LogP contribution in [0.1, 0.15) is 12.5 Å². The summed E-state index contributed by atoms with van der Waals surface area (Å²) in [6, 6.07) is 15.3. The molecule has 0 aromatic heterocycles. The molecule has 0 bridgehead atoms. The molecular weight excluding hydrogens is 294 g/mol. The van der Waals surface area contributed by atoms with Gasteiger partial charge < -0.3 is 15.4 Å². The van der Waals surface area contributed by atoms with Crippen molar-refractivity contribution in [1.82, 2.24) is 0 Å². The van der Waals surface area contributed by atoms with Crippen LogP contribution in [0.25, 0.3) is 0 Å². The Balaban J connectivity index is 1.86. The number of rotatable bonds is 2. The van der Waals surface area contributed by atoms with Crippen LogP contribution >= 0.6 is 0 Å². The largest absolute Gasteiger partial charge is 0.466 e. The Morgan fingerprint density at radius 2 is 2.04 bits per heavy atom. The Morgan fingerprint density at radius 3 is 2.83 bits per heavy atom. The molecule has 1 heterocycles. The zero-order valence-electron chi connectivity index (χ0n) is 12.3. The maximum atomic E-state index is 12.5. The number of ether oxygens (including phenoxy) is 1. The molecule has 1 aliphatic heterocycles. The minimum Gasteiger partial charge on any atom is -0.466 e. The molecule has 1 aliphatic rings. The molecule has 0 saturated heterocycles. The Morgan fingerprint density at radius 1 is 1.26 bits per heavy atom. The summed E-state index contributed by atoms with van der Waals surface area (Å²) in [4.78, 5) is 24.8. The van der Waals surface area contributed by atoms with Crippen molar-refractivity contribution in [2.75, 3.05) is 10.6 Å². The molecule has 0 radical (unpaired) electrons. The van der Waals surface area contributed by atoms with Crippen LogP contribution < -0.4 is 15.4 Å². The molecule has 2 aromatic rings. The number of nitriles is 1. The van der Waals surface area contributed by atoms with Crippen molar-refractivity contribution in [3.05, 3.63) is 54.1 Å². The third kappa shape index (κ3) is 2.60. The van der Waals surface area contributed by atoms with Crippen molar-refractivity contribution in [3.63, 3.8) is 0 Å². The standard InChI is InChI=1S/C17H13N3O3/c1-17(15(21)19-12-6-4-5-11(9-12)10-18)16(22)20-13-7-2-3-8-14(13)23-17/h2-9H,1H3,(H,19,21)(H,20,22). The highest BCUT2D eigenvalue weighted by atomic mass is 16.5. The number of para-hydroxylation sites is 2. The van der Waals surface area contributed by atoms with Gasteiger partial charge in [-0.25, -0.2) is 0 Å².